The van der Waals surface area contributed by atoms with Crippen LogP contribution in [0.2, 0.25) is 0 Å². The van der Waals surface area contributed by atoms with Gasteiger partial charge in [0.1, 0.15) is 5.75 Å². The Hall–Kier alpha value is -3.13. The minimum Gasteiger partial charge on any atom is -0.496 e. The summed E-state index contributed by atoms with van der Waals surface area (Å²) in [7, 11) is 3.33. The van der Waals surface area contributed by atoms with Gasteiger partial charge in [-0.2, -0.15) is 0 Å². The third-order valence-electron chi connectivity index (χ3n) is 4.78. The molecule has 0 unspecified atom stereocenters. The highest BCUT2D eigenvalue weighted by molar-refractivity contribution is 7.99. The lowest BCUT2D eigenvalue weighted by Gasteiger charge is -2.19. The summed E-state index contributed by atoms with van der Waals surface area (Å²) in [6, 6.07) is 15.0. The number of para-hydroxylation sites is 1. The number of carbonyl (C=O) groups excluding carboxylic acids is 2. The maximum Gasteiger partial charge on any atom is 0.261 e. The number of aromatic nitrogens is 3. The van der Waals surface area contributed by atoms with Crippen LogP contribution in [-0.2, 0) is 17.3 Å². The molecule has 1 heterocycles. The second-order valence-electron chi connectivity index (χ2n) is 8.06. The molecular weight excluding hydrogens is 412 g/mol. The molecule has 2 amide bonds. The maximum atomic E-state index is 12.3. The minimum atomic E-state index is -0.499. The second-order valence-corrected chi connectivity index (χ2v) is 9.00. The first-order valence-electron chi connectivity index (χ1n) is 9.81. The van der Waals surface area contributed by atoms with Crippen LogP contribution in [0.1, 0.15) is 36.7 Å². The molecule has 1 N–H and O–H groups in total. The zero-order valence-electron chi connectivity index (χ0n) is 18.3. The fourth-order valence-electron chi connectivity index (χ4n) is 3.00. The van der Waals surface area contributed by atoms with Gasteiger partial charge in [0.15, 0.2) is 11.0 Å². The number of nitrogens with one attached hydrogen (secondary N) is 1. The number of methoxy groups -OCH3 is 1. The van der Waals surface area contributed by atoms with Crippen molar-refractivity contribution < 1.29 is 14.3 Å². The van der Waals surface area contributed by atoms with Gasteiger partial charge in [0, 0.05) is 12.6 Å². The van der Waals surface area contributed by atoms with Crippen LogP contribution in [0.4, 0.5) is 0 Å². The Labute approximate surface area is 186 Å². The predicted molar refractivity (Wildman–Crippen MR) is 121 cm³/mol. The molecule has 2 aromatic carbocycles. The van der Waals surface area contributed by atoms with Crippen molar-refractivity contribution in [2.45, 2.75) is 31.3 Å². The van der Waals surface area contributed by atoms with Crippen LogP contribution in [0, 0.1) is 0 Å². The summed E-state index contributed by atoms with van der Waals surface area (Å²) < 4.78 is 7.00. The SMILES string of the molecule is COc1ccccc1C(=O)NC(=O)CSc1nnc(-c2ccc(C(C)(C)C)cc2)n1C. The van der Waals surface area contributed by atoms with E-state index in [4.69, 9.17) is 4.74 Å². The highest BCUT2D eigenvalue weighted by atomic mass is 32.2. The molecule has 0 atom stereocenters. The van der Waals surface area contributed by atoms with Crippen molar-refractivity contribution in [2.75, 3.05) is 12.9 Å². The number of ether oxygens (including phenoxy) is 1. The topological polar surface area (TPSA) is 86.1 Å². The van der Waals surface area contributed by atoms with E-state index < -0.39 is 11.8 Å². The van der Waals surface area contributed by atoms with E-state index in [0.29, 0.717) is 22.3 Å². The number of thioether (sulfide) groups is 1. The van der Waals surface area contributed by atoms with E-state index in [-0.39, 0.29) is 11.2 Å². The van der Waals surface area contributed by atoms with Gasteiger partial charge in [0.2, 0.25) is 5.91 Å². The molecule has 7 nitrogen and oxygen atoms in total. The lowest BCUT2D eigenvalue weighted by atomic mass is 9.87. The Kier molecular flexibility index (Phi) is 6.80. The van der Waals surface area contributed by atoms with Gasteiger partial charge in [0.05, 0.1) is 18.4 Å². The van der Waals surface area contributed by atoms with Crippen LogP contribution in [0.5, 0.6) is 5.75 Å². The highest BCUT2D eigenvalue weighted by Gasteiger charge is 2.18. The predicted octanol–water partition coefficient (Wildman–Crippen LogP) is 3.84. The Morgan fingerprint density at radius 1 is 1.06 bits per heavy atom. The molecule has 0 spiro atoms. The minimum absolute atomic E-state index is 0.0375. The highest BCUT2D eigenvalue weighted by Crippen LogP contribution is 2.27. The number of rotatable bonds is 6. The maximum absolute atomic E-state index is 12.3. The van der Waals surface area contributed by atoms with Crippen LogP contribution in [-0.4, -0.2) is 39.4 Å². The van der Waals surface area contributed by atoms with Crippen LogP contribution in [0.25, 0.3) is 11.4 Å². The Morgan fingerprint density at radius 2 is 1.74 bits per heavy atom. The molecule has 1 aromatic heterocycles. The standard InChI is InChI=1S/C23H26N4O3S/c1-23(2,3)16-12-10-15(11-13-16)20-25-26-22(27(20)4)31-14-19(28)24-21(29)17-8-6-7-9-18(17)30-5/h6-13H,14H2,1-5H3,(H,24,28,29). The summed E-state index contributed by atoms with van der Waals surface area (Å²) in [5, 5.41) is 11.4. The van der Waals surface area contributed by atoms with Crippen molar-refractivity contribution in [1.82, 2.24) is 20.1 Å². The lowest BCUT2D eigenvalue weighted by molar-refractivity contribution is -0.117. The van der Waals surface area contributed by atoms with Crippen LogP contribution < -0.4 is 10.1 Å². The van der Waals surface area contributed by atoms with Crippen molar-refractivity contribution in [3.63, 3.8) is 0 Å². The Balaban J connectivity index is 1.63. The van der Waals surface area contributed by atoms with Gasteiger partial charge in [-0.05, 0) is 23.1 Å². The summed E-state index contributed by atoms with van der Waals surface area (Å²) >= 11 is 1.22. The molecule has 31 heavy (non-hydrogen) atoms. The van der Waals surface area contributed by atoms with Crippen molar-refractivity contribution in [1.29, 1.82) is 0 Å². The molecular formula is C23H26N4O3S. The largest absolute Gasteiger partial charge is 0.496 e. The first-order chi connectivity index (χ1) is 14.7. The Bertz CT molecular complexity index is 1080. The molecule has 8 heteroatoms. The number of hydrogen-bond acceptors (Lipinski definition) is 6. The monoisotopic (exact) mass is 438 g/mol. The van der Waals surface area contributed by atoms with Crippen molar-refractivity contribution in [3.05, 3.63) is 59.7 Å². The molecule has 0 radical (unpaired) electrons. The number of nitrogens with zero attached hydrogens (tertiary/aromatic N) is 3. The van der Waals surface area contributed by atoms with Crippen molar-refractivity contribution in [2.24, 2.45) is 7.05 Å². The molecule has 0 saturated carbocycles. The van der Waals surface area contributed by atoms with Crippen LogP contribution in [0.15, 0.2) is 53.7 Å². The Morgan fingerprint density at radius 3 is 2.39 bits per heavy atom. The van der Waals surface area contributed by atoms with Gasteiger partial charge in [-0.25, -0.2) is 0 Å². The number of hydrogen-bond donors (Lipinski definition) is 1. The second kappa shape index (κ2) is 9.34. The first kappa shape index (κ1) is 22.6. The first-order valence-corrected chi connectivity index (χ1v) is 10.8. The average Bonchev–Trinajstić information content (AvgIpc) is 3.12. The third-order valence-corrected chi connectivity index (χ3v) is 5.80. The van der Waals surface area contributed by atoms with Crippen molar-refractivity contribution >= 4 is 23.6 Å². The third kappa shape index (κ3) is 5.32. The van der Waals surface area contributed by atoms with Gasteiger partial charge in [-0.3, -0.25) is 14.9 Å². The molecule has 0 bridgehead atoms. The smallest absolute Gasteiger partial charge is 0.261 e. The summed E-state index contributed by atoms with van der Waals surface area (Å²) in [6.07, 6.45) is 0. The van der Waals surface area contributed by atoms with E-state index in [2.05, 4.69) is 48.4 Å². The lowest BCUT2D eigenvalue weighted by Crippen LogP contribution is -2.32. The number of amides is 2. The number of benzene rings is 2. The molecule has 162 valence electrons. The van der Waals surface area contributed by atoms with Crippen molar-refractivity contribution in [3.8, 4) is 17.1 Å². The zero-order valence-corrected chi connectivity index (χ0v) is 19.1. The summed E-state index contributed by atoms with van der Waals surface area (Å²) in [5.41, 5.74) is 2.58. The zero-order chi connectivity index (χ0) is 22.6. The van der Waals surface area contributed by atoms with Crippen LogP contribution >= 0.6 is 11.8 Å². The normalized spacial score (nSPS) is 11.3. The fraction of sp³-hybridized carbons (Fsp3) is 0.304. The molecule has 0 aliphatic rings. The summed E-state index contributed by atoms with van der Waals surface area (Å²) in [5.74, 6) is 0.250. The van der Waals surface area contributed by atoms with Gasteiger partial charge >= 0.3 is 0 Å². The fourth-order valence-corrected chi connectivity index (χ4v) is 3.71. The summed E-state index contributed by atoms with van der Waals surface area (Å²) in [4.78, 5) is 24.6. The molecule has 0 saturated heterocycles. The van der Waals surface area contributed by atoms with Gasteiger partial charge in [-0.1, -0.05) is 68.9 Å². The van der Waals surface area contributed by atoms with Gasteiger partial charge in [0.25, 0.3) is 5.91 Å². The average molecular weight is 439 g/mol. The summed E-state index contributed by atoms with van der Waals surface area (Å²) in [6.45, 7) is 6.51. The van der Waals surface area contributed by atoms with E-state index in [1.54, 1.807) is 24.3 Å². The van der Waals surface area contributed by atoms with E-state index in [1.165, 1.54) is 24.4 Å². The van der Waals surface area contributed by atoms with Gasteiger partial charge in [-0.15, -0.1) is 10.2 Å². The molecule has 3 aromatic rings. The van der Waals surface area contributed by atoms with Gasteiger partial charge < -0.3 is 9.30 Å². The van der Waals surface area contributed by atoms with E-state index >= 15 is 0 Å². The molecule has 0 aliphatic heterocycles. The van der Waals surface area contributed by atoms with E-state index in [1.807, 2.05) is 23.7 Å². The molecule has 0 fully saturated rings. The quantitative estimate of drug-likeness (QED) is 0.589. The molecule has 3 rings (SSSR count). The van der Waals surface area contributed by atoms with E-state index in [0.717, 1.165) is 5.56 Å². The number of imide groups is 1. The van der Waals surface area contributed by atoms with Crippen LogP contribution in [0.3, 0.4) is 0 Å². The number of carbonyl (C=O) groups is 2. The van der Waals surface area contributed by atoms with E-state index in [9.17, 15) is 9.59 Å². The molecule has 0 aliphatic carbocycles.